The maximum absolute atomic E-state index is 12.9. The summed E-state index contributed by atoms with van der Waals surface area (Å²) in [5.74, 6) is 0. The number of aromatic nitrogens is 1. The summed E-state index contributed by atoms with van der Waals surface area (Å²) in [5, 5.41) is 0.847. The first-order valence-corrected chi connectivity index (χ1v) is 9.33. The topological polar surface area (TPSA) is 56.1 Å². The molecule has 0 aliphatic rings. The van der Waals surface area contributed by atoms with Gasteiger partial charge in [0.15, 0.2) is 0 Å². The zero-order chi connectivity index (χ0) is 17.5. The molecule has 0 aliphatic carbocycles. The Morgan fingerprint density at radius 2 is 1.75 bits per heavy atom. The number of pyridine rings is 1. The summed E-state index contributed by atoms with van der Waals surface area (Å²) in [6, 6.07) is 11.3. The lowest BCUT2D eigenvalue weighted by Gasteiger charge is -2.11. The lowest BCUT2D eigenvalue weighted by atomic mass is 10.1. The van der Waals surface area contributed by atoms with Crippen LogP contribution in [-0.4, -0.2) is 13.0 Å². The monoisotopic (exact) mass is 361 g/mol. The minimum atomic E-state index is -3.91. The lowest BCUT2D eigenvalue weighted by molar-refractivity contribution is 0.594. The van der Waals surface area contributed by atoms with Crippen LogP contribution in [0.25, 0.3) is 10.9 Å². The van der Waals surface area contributed by atoms with Gasteiger partial charge in [-0.05, 0) is 48.4 Å². The molecule has 0 aliphatic heterocycles. The summed E-state index contributed by atoms with van der Waals surface area (Å²) in [5.41, 5.74) is 1.21. The molecule has 3 rings (SSSR count). The van der Waals surface area contributed by atoms with Gasteiger partial charge in [0.05, 0.1) is 10.4 Å². The summed E-state index contributed by atoms with van der Waals surface area (Å²) in [6.45, 7) is 1.99. The second-order valence-corrected chi connectivity index (χ2v) is 7.95. The molecular formula is C18H16ClNO3S. The van der Waals surface area contributed by atoms with E-state index in [1.807, 2.05) is 19.1 Å². The Hall–Kier alpha value is -2.11. The number of hydrogen-bond acceptors (Lipinski definition) is 3. The Bertz CT molecular complexity index is 1080. The van der Waals surface area contributed by atoms with Crippen LogP contribution in [0.4, 0.5) is 0 Å². The van der Waals surface area contributed by atoms with E-state index in [1.54, 1.807) is 17.7 Å². The van der Waals surface area contributed by atoms with Gasteiger partial charge in [-0.1, -0.05) is 24.6 Å². The zero-order valence-electron chi connectivity index (χ0n) is 13.3. The van der Waals surface area contributed by atoms with Crippen molar-refractivity contribution >= 4 is 32.3 Å². The van der Waals surface area contributed by atoms with Gasteiger partial charge in [-0.25, -0.2) is 8.42 Å². The molecule has 6 heteroatoms. The highest BCUT2D eigenvalue weighted by molar-refractivity contribution is 7.91. The van der Waals surface area contributed by atoms with Crippen LogP contribution in [0.5, 0.6) is 0 Å². The SMILES string of the molecule is CCc1ccc2c(c1)c(=O)c(S(=O)(=O)c1ccc(Cl)cc1)cn2C. The highest BCUT2D eigenvalue weighted by atomic mass is 35.5. The minimum absolute atomic E-state index is 0.0509. The van der Waals surface area contributed by atoms with E-state index in [9.17, 15) is 13.2 Å². The van der Waals surface area contributed by atoms with Crippen molar-refractivity contribution in [2.45, 2.75) is 23.1 Å². The molecule has 0 spiro atoms. The normalized spacial score (nSPS) is 11.8. The quantitative estimate of drug-likeness (QED) is 0.716. The Kier molecular flexibility index (Phi) is 4.24. The van der Waals surface area contributed by atoms with Crippen molar-refractivity contribution in [3.63, 3.8) is 0 Å². The molecule has 0 N–H and O–H groups in total. The maximum atomic E-state index is 12.9. The van der Waals surface area contributed by atoms with Crippen LogP contribution in [0.1, 0.15) is 12.5 Å². The first-order valence-electron chi connectivity index (χ1n) is 7.47. The molecule has 0 fully saturated rings. The van der Waals surface area contributed by atoms with Crippen molar-refractivity contribution in [3.8, 4) is 0 Å². The summed E-state index contributed by atoms with van der Waals surface area (Å²) in [4.78, 5) is 12.6. The van der Waals surface area contributed by atoms with Crippen LogP contribution < -0.4 is 5.43 Å². The van der Waals surface area contributed by atoms with Gasteiger partial charge < -0.3 is 4.57 Å². The second kappa shape index (κ2) is 6.07. The van der Waals surface area contributed by atoms with E-state index in [4.69, 9.17) is 11.6 Å². The van der Waals surface area contributed by atoms with Gasteiger partial charge in [0.2, 0.25) is 15.3 Å². The third-order valence-electron chi connectivity index (χ3n) is 4.04. The minimum Gasteiger partial charge on any atom is -0.349 e. The molecule has 0 amide bonds. The van der Waals surface area contributed by atoms with Gasteiger partial charge in [0.1, 0.15) is 4.90 Å². The average Bonchev–Trinajstić information content (AvgIpc) is 2.57. The molecule has 24 heavy (non-hydrogen) atoms. The number of rotatable bonds is 3. The van der Waals surface area contributed by atoms with Gasteiger partial charge >= 0.3 is 0 Å². The largest absolute Gasteiger partial charge is 0.349 e. The van der Waals surface area contributed by atoms with E-state index in [2.05, 4.69) is 0 Å². The fourth-order valence-corrected chi connectivity index (χ4v) is 4.19. The van der Waals surface area contributed by atoms with Crippen molar-refractivity contribution < 1.29 is 8.42 Å². The summed E-state index contributed by atoms with van der Waals surface area (Å²) < 4.78 is 27.4. The van der Waals surface area contributed by atoms with Crippen molar-refractivity contribution in [1.82, 2.24) is 4.57 Å². The third-order valence-corrected chi connectivity index (χ3v) is 6.06. The fourth-order valence-electron chi connectivity index (χ4n) is 2.66. The molecule has 0 atom stereocenters. The molecule has 1 aromatic heterocycles. The van der Waals surface area contributed by atoms with Crippen LogP contribution >= 0.6 is 11.6 Å². The first-order chi connectivity index (χ1) is 11.3. The number of halogens is 1. The summed E-state index contributed by atoms with van der Waals surface area (Å²) >= 11 is 5.82. The van der Waals surface area contributed by atoms with E-state index < -0.39 is 15.3 Å². The average molecular weight is 362 g/mol. The van der Waals surface area contributed by atoms with E-state index in [0.29, 0.717) is 15.9 Å². The number of aryl methyl sites for hydroxylation is 2. The van der Waals surface area contributed by atoms with Gasteiger partial charge in [-0.15, -0.1) is 0 Å². The number of sulfone groups is 1. The number of hydrogen-bond donors (Lipinski definition) is 0. The Morgan fingerprint density at radius 3 is 2.38 bits per heavy atom. The molecule has 0 bridgehead atoms. The van der Waals surface area contributed by atoms with E-state index in [-0.39, 0.29) is 9.79 Å². The molecule has 124 valence electrons. The Balaban J connectivity index is 2.32. The maximum Gasteiger partial charge on any atom is 0.211 e. The highest BCUT2D eigenvalue weighted by Gasteiger charge is 2.23. The highest BCUT2D eigenvalue weighted by Crippen LogP contribution is 2.22. The molecule has 0 saturated heterocycles. The van der Waals surface area contributed by atoms with E-state index in [0.717, 1.165) is 12.0 Å². The molecule has 0 radical (unpaired) electrons. The van der Waals surface area contributed by atoms with Gasteiger partial charge in [-0.2, -0.15) is 0 Å². The van der Waals surface area contributed by atoms with Gasteiger partial charge in [-0.3, -0.25) is 4.79 Å². The van der Waals surface area contributed by atoms with Crippen LogP contribution in [-0.2, 0) is 23.3 Å². The van der Waals surface area contributed by atoms with Crippen molar-refractivity contribution in [2.75, 3.05) is 0 Å². The number of fused-ring (bicyclic) bond motifs is 1. The lowest BCUT2D eigenvalue weighted by Crippen LogP contribution is -2.18. The van der Waals surface area contributed by atoms with Gasteiger partial charge in [0.25, 0.3) is 0 Å². The van der Waals surface area contributed by atoms with Crippen molar-refractivity contribution in [2.24, 2.45) is 7.05 Å². The van der Waals surface area contributed by atoms with Crippen LogP contribution in [0.15, 0.2) is 63.2 Å². The molecule has 4 nitrogen and oxygen atoms in total. The molecule has 2 aromatic carbocycles. The second-order valence-electron chi connectivity index (χ2n) is 5.60. The Labute approximate surface area is 145 Å². The molecule has 0 unspecified atom stereocenters. The van der Waals surface area contributed by atoms with Crippen LogP contribution in [0, 0.1) is 0 Å². The predicted octanol–water partition coefficient (Wildman–Crippen LogP) is 3.59. The Morgan fingerprint density at radius 1 is 1.08 bits per heavy atom. The van der Waals surface area contributed by atoms with E-state index >= 15 is 0 Å². The van der Waals surface area contributed by atoms with Crippen LogP contribution in [0.3, 0.4) is 0 Å². The first kappa shape index (κ1) is 16.7. The summed E-state index contributed by atoms with van der Waals surface area (Å²) in [7, 11) is -2.18. The molecular weight excluding hydrogens is 346 g/mol. The van der Waals surface area contributed by atoms with Crippen molar-refractivity contribution in [3.05, 3.63) is 69.5 Å². The number of benzene rings is 2. The fraction of sp³-hybridized carbons (Fsp3) is 0.167. The van der Waals surface area contributed by atoms with Crippen molar-refractivity contribution in [1.29, 1.82) is 0 Å². The predicted molar refractivity (Wildman–Crippen MR) is 95.5 cm³/mol. The molecule has 0 saturated carbocycles. The molecule has 3 aromatic rings. The summed E-state index contributed by atoms with van der Waals surface area (Å²) in [6.07, 6.45) is 2.15. The molecule has 1 heterocycles. The van der Waals surface area contributed by atoms with Crippen LogP contribution in [0.2, 0.25) is 5.02 Å². The zero-order valence-corrected chi connectivity index (χ0v) is 14.9. The number of nitrogens with zero attached hydrogens (tertiary/aromatic N) is 1. The smallest absolute Gasteiger partial charge is 0.211 e. The van der Waals surface area contributed by atoms with Gasteiger partial charge in [0, 0.05) is 23.7 Å². The van der Waals surface area contributed by atoms with E-state index in [1.165, 1.54) is 30.5 Å². The standard InChI is InChI=1S/C18H16ClNO3S/c1-3-12-4-9-16-15(10-12)18(21)17(11-20(16)2)24(22,23)14-7-5-13(19)6-8-14/h4-11H,3H2,1-2H3. The third kappa shape index (κ3) is 2.74.